The summed E-state index contributed by atoms with van der Waals surface area (Å²) < 4.78 is 1.77. The average molecular weight is 513 g/mol. The number of carbonyl (C=O) groups is 2. The van der Waals surface area contributed by atoms with Crippen molar-refractivity contribution >= 4 is 23.6 Å². The first-order valence-corrected chi connectivity index (χ1v) is 12.6. The molecule has 0 fully saturated rings. The molecule has 0 saturated heterocycles. The van der Waals surface area contributed by atoms with Crippen LogP contribution in [0.5, 0.6) is 0 Å². The number of aryl methyl sites for hydroxylation is 2. The third-order valence-electron chi connectivity index (χ3n) is 6.23. The van der Waals surface area contributed by atoms with Crippen molar-refractivity contribution in [3.05, 3.63) is 143 Å². The van der Waals surface area contributed by atoms with Gasteiger partial charge in [0.05, 0.1) is 5.69 Å². The number of aromatic nitrogens is 2. The van der Waals surface area contributed by atoms with Gasteiger partial charge in [-0.05, 0) is 56.3 Å². The van der Waals surface area contributed by atoms with E-state index >= 15 is 0 Å². The molecule has 0 unspecified atom stereocenters. The molecule has 6 heteroatoms. The van der Waals surface area contributed by atoms with Crippen LogP contribution in [0.1, 0.15) is 27.0 Å². The van der Waals surface area contributed by atoms with Gasteiger partial charge in [-0.2, -0.15) is 5.10 Å². The average Bonchev–Trinajstić information content (AvgIpc) is 3.39. The highest BCUT2D eigenvalue weighted by atomic mass is 16.2. The Morgan fingerprint density at radius 1 is 0.744 bits per heavy atom. The van der Waals surface area contributed by atoms with Crippen LogP contribution < -0.4 is 10.6 Å². The number of nitrogens with zero attached hydrogens (tertiary/aromatic N) is 2. The van der Waals surface area contributed by atoms with E-state index in [2.05, 4.69) is 10.6 Å². The molecule has 5 aromatic rings. The molecule has 0 atom stereocenters. The Balaban J connectivity index is 1.57. The van der Waals surface area contributed by atoms with Crippen LogP contribution in [0.25, 0.3) is 23.0 Å². The van der Waals surface area contributed by atoms with Crippen molar-refractivity contribution in [2.24, 2.45) is 0 Å². The Morgan fingerprint density at radius 3 is 1.97 bits per heavy atom. The number of hydrogen-bond donors (Lipinski definition) is 2. The van der Waals surface area contributed by atoms with Gasteiger partial charge in [0, 0.05) is 28.6 Å². The van der Waals surface area contributed by atoms with E-state index in [1.54, 1.807) is 22.9 Å². The molecule has 2 N–H and O–H groups in total. The van der Waals surface area contributed by atoms with Gasteiger partial charge in [0.15, 0.2) is 0 Å². The second-order valence-corrected chi connectivity index (χ2v) is 9.28. The maximum atomic E-state index is 13.5. The van der Waals surface area contributed by atoms with E-state index in [0.717, 1.165) is 22.4 Å². The lowest BCUT2D eigenvalue weighted by atomic mass is 10.1. The smallest absolute Gasteiger partial charge is 0.272 e. The van der Waals surface area contributed by atoms with Crippen LogP contribution >= 0.6 is 0 Å². The number of nitrogens with one attached hydrogen (secondary N) is 2. The predicted octanol–water partition coefficient (Wildman–Crippen LogP) is 6.57. The Labute approximate surface area is 227 Å². The summed E-state index contributed by atoms with van der Waals surface area (Å²) in [6.07, 6.45) is 3.53. The first-order chi connectivity index (χ1) is 19.0. The number of hydrogen-bond acceptors (Lipinski definition) is 3. The number of para-hydroxylation sites is 1. The van der Waals surface area contributed by atoms with Crippen molar-refractivity contribution in [1.82, 2.24) is 15.1 Å². The van der Waals surface area contributed by atoms with E-state index < -0.39 is 5.91 Å². The molecular formula is C33H28N4O2. The van der Waals surface area contributed by atoms with Crippen molar-refractivity contribution in [3.8, 4) is 16.9 Å². The molecule has 192 valence electrons. The van der Waals surface area contributed by atoms with E-state index in [-0.39, 0.29) is 11.6 Å². The Bertz CT molecular complexity index is 1620. The van der Waals surface area contributed by atoms with Gasteiger partial charge in [0.25, 0.3) is 11.8 Å². The monoisotopic (exact) mass is 512 g/mol. The first-order valence-electron chi connectivity index (χ1n) is 12.6. The van der Waals surface area contributed by atoms with Crippen molar-refractivity contribution in [1.29, 1.82) is 0 Å². The molecule has 6 nitrogen and oxygen atoms in total. The maximum absolute atomic E-state index is 13.5. The lowest BCUT2D eigenvalue weighted by Crippen LogP contribution is -2.30. The maximum Gasteiger partial charge on any atom is 0.272 e. The predicted molar refractivity (Wildman–Crippen MR) is 155 cm³/mol. The SMILES string of the molecule is Cc1ccc(NC(=O)C(=Cc2cn(-c3ccccc3)nc2-c2ccccc2)NC(=O)c2ccc(C)cc2)cc1. The Morgan fingerprint density at radius 2 is 1.33 bits per heavy atom. The zero-order valence-electron chi connectivity index (χ0n) is 21.8. The summed E-state index contributed by atoms with van der Waals surface area (Å²) in [6, 6.07) is 34.2. The minimum absolute atomic E-state index is 0.103. The molecule has 4 aromatic carbocycles. The van der Waals surface area contributed by atoms with Gasteiger partial charge >= 0.3 is 0 Å². The van der Waals surface area contributed by atoms with Crippen LogP contribution in [0.3, 0.4) is 0 Å². The number of anilines is 1. The normalized spacial score (nSPS) is 11.2. The quantitative estimate of drug-likeness (QED) is 0.242. The van der Waals surface area contributed by atoms with E-state index in [4.69, 9.17) is 5.10 Å². The summed E-state index contributed by atoms with van der Waals surface area (Å²) in [5, 5.41) is 10.6. The Kier molecular flexibility index (Phi) is 7.46. The van der Waals surface area contributed by atoms with Crippen molar-refractivity contribution in [2.75, 3.05) is 5.32 Å². The highest BCUT2D eigenvalue weighted by Crippen LogP contribution is 2.26. The third-order valence-corrected chi connectivity index (χ3v) is 6.23. The second-order valence-electron chi connectivity index (χ2n) is 9.28. The largest absolute Gasteiger partial charge is 0.321 e. The van der Waals surface area contributed by atoms with Crippen molar-refractivity contribution < 1.29 is 9.59 Å². The molecule has 5 rings (SSSR count). The number of carbonyl (C=O) groups excluding carboxylic acids is 2. The van der Waals surface area contributed by atoms with Gasteiger partial charge in [0.1, 0.15) is 11.4 Å². The molecule has 39 heavy (non-hydrogen) atoms. The summed E-state index contributed by atoms with van der Waals surface area (Å²) in [5.41, 5.74) is 6.45. The molecule has 0 spiro atoms. The summed E-state index contributed by atoms with van der Waals surface area (Å²) in [6.45, 7) is 3.94. The standard InChI is InChI=1S/C33H28N4O2/c1-23-13-17-26(18-14-23)32(38)35-30(33(39)34-28-19-15-24(2)16-20-28)21-27-22-37(29-11-7-4-8-12-29)36-31(27)25-9-5-3-6-10-25/h3-22H,1-2H3,(H,34,39)(H,35,38). The van der Waals surface area contributed by atoms with Crippen LogP contribution in [0.2, 0.25) is 0 Å². The summed E-state index contributed by atoms with van der Waals surface area (Å²) in [5.74, 6) is -0.817. The summed E-state index contributed by atoms with van der Waals surface area (Å²) in [7, 11) is 0. The molecule has 0 radical (unpaired) electrons. The molecule has 1 heterocycles. The molecule has 0 bridgehead atoms. The second kappa shape index (κ2) is 11.4. The van der Waals surface area contributed by atoms with E-state index in [0.29, 0.717) is 22.5 Å². The van der Waals surface area contributed by atoms with Gasteiger partial charge in [0.2, 0.25) is 0 Å². The van der Waals surface area contributed by atoms with Gasteiger partial charge < -0.3 is 10.6 Å². The molecule has 2 amide bonds. The van der Waals surface area contributed by atoms with Gasteiger partial charge in [-0.15, -0.1) is 0 Å². The zero-order chi connectivity index (χ0) is 27.2. The molecule has 0 aliphatic carbocycles. The molecule has 1 aromatic heterocycles. The third kappa shape index (κ3) is 6.19. The van der Waals surface area contributed by atoms with Crippen LogP contribution in [-0.4, -0.2) is 21.6 Å². The molecule has 0 saturated carbocycles. The minimum Gasteiger partial charge on any atom is -0.321 e. The number of benzene rings is 4. The van der Waals surface area contributed by atoms with E-state index in [1.807, 2.05) is 117 Å². The van der Waals surface area contributed by atoms with Gasteiger partial charge in [-0.25, -0.2) is 4.68 Å². The van der Waals surface area contributed by atoms with E-state index in [1.165, 1.54) is 0 Å². The van der Waals surface area contributed by atoms with Crippen LogP contribution in [0.4, 0.5) is 5.69 Å². The minimum atomic E-state index is -0.439. The lowest BCUT2D eigenvalue weighted by Gasteiger charge is -2.12. The molecule has 0 aliphatic rings. The summed E-state index contributed by atoms with van der Waals surface area (Å²) in [4.78, 5) is 26.7. The summed E-state index contributed by atoms with van der Waals surface area (Å²) >= 11 is 0. The number of rotatable bonds is 7. The van der Waals surface area contributed by atoms with Gasteiger partial charge in [-0.1, -0.05) is 83.9 Å². The topological polar surface area (TPSA) is 76.0 Å². The lowest BCUT2D eigenvalue weighted by molar-refractivity contribution is -0.113. The highest BCUT2D eigenvalue weighted by Gasteiger charge is 2.18. The fraction of sp³-hybridized carbons (Fsp3) is 0.0606. The zero-order valence-corrected chi connectivity index (χ0v) is 21.8. The van der Waals surface area contributed by atoms with Crippen molar-refractivity contribution in [3.63, 3.8) is 0 Å². The molecular weight excluding hydrogens is 484 g/mol. The van der Waals surface area contributed by atoms with Crippen LogP contribution in [0, 0.1) is 13.8 Å². The molecule has 0 aliphatic heterocycles. The Hall–Kier alpha value is -5.23. The fourth-order valence-corrected chi connectivity index (χ4v) is 4.07. The van der Waals surface area contributed by atoms with Crippen LogP contribution in [0.15, 0.2) is 121 Å². The first kappa shape index (κ1) is 25.4. The number of amides is 2. The highest BCUT2D eigenvalue weighted by molar-refractivity contribution is 6.11. The fourth-order valence-electron chi connectivity index (χ4n) is 4.07. The van der Waals surface area contributed by atoms with E-state index in [9.17, 15) is 9.59 Å². The van der Waals surface area contributed by atoms with Gasteiger partial charge in [-0.3, -0.25) is 9.59 Å². The van der Waals surface area contributed by atoms with Crippen LogP contribution in [-0.2, 0) is 4.79 Å². The van der Waals surface area contributed by atoms with Crippen molar-refractivity contribution in [2.45, 2.75) is 13.8 Å².